The van der Waals surface area contributed by atoms with Gasteiger partial charge in [0.2, 0.25) is 5.88 Å². The third-order valence-corrected chi connectivity index (χ3v) is 5.16. The van der Waals surface area contributed by atoms with Gasteiger partial charge in [-0.2, -0.15) is 0 Å². The average Bonchev–Trinajstić information content (AvgIpc) is 3.39. The predicted molar refractivity (Wildman–Crippen MR) is 100 cm³/mol. The Labute approximate surface area is 149 Å². The van der Waals surface area contributed by atoms with Gasteiger partial charge < -0.3 is 10.1 Å². The van der Waals surface area contributed by atoms with E-state index in [0.717, 1.165) is 23.2 Å². The Balaban J connectivity index is 1.46. The number of aromatic amines is 1. The molecule has 2 N–H and O–H groups in total. The van der Waals surface area contributed by atoms with Gasteiger partial charge in [0.1, 0.15) is 0 Å². The van der Waals surface area contributed by atoms with E-state index in [9.17, 15) is 9.90 Å². The molecule has 2 heterocycles. The van der Waals surface area contributed by atoms with Gasteiger partial charge in [-0.3, -0.25) is 9.55 Å². The molecule has 1 fully saturated rings. The summed E-state index contributed by atoms with van der Waals surface area (Å²) in [4.78, 5) is 19.0. The number of aromatic hydroxyl groups is 1. The average molecular weight is 343 g/mol. The molecule has 2 atom stereocenters. The Morgan fingerprint density at radius 2 is 1.92 bits per heavy atom. The topological polar surface area (TPSA) is 70.9 Å². The highest BCUT2D eigenvalue weighted by molar-refractivity contribution is 5.95. The van der Waals surface area contributed by atoms with E-state index in [1.165, 1.54) is 21.5 Å². The van der Waals surface area contributed by atoms with Crippen molar-refractivity contribution in [1.29, 1.82) is 0 Å². The van der Waals surface area contributed by atoms with Gasteiger partial charge in [-0.25, -0.2) is 4.79 Å². The third-order valence-electron chi connectivity index (χ3n) is 5.16. The molecule has 1 aliphatic carbocycles. The van der Waals surface area contributed by atoms with Gasteiger partial charge in [-0.05, 0) is 28.8 Å². The summed E-state index contributed by atoms with van der Waals surface area (Å²) in [5.74, 6) is 0.200. The minimum Gasteiger partial charge on any atom is -0.493 e. The van der Waals surface area contributed by atoms with Crippen LogP contribution in [0, 0.1) is 0 Å². The molecule has 4 aromatic rings. The monoisotopic (exact) mass is 343 g/mol. The van der Waals surface area contributed by atoms with Crippen LogP contribution in [0.15, 0.2) is 71.8 Å². The van der Waals surface area contributed by atoms with Gasteiger partial charge >= 0.3 is 5.69 Å². The van der Waals surface area contributed by atoms with E-state index < -0.39 is 0 Å². The van der Waals surface area contributed by atoms with Crippen molar-refractivity contribution in [1.82, 2.24) is 14.5 Å². The number of imidazole rings is 1. The summed E-state index contributed by atoms with van der Waals surface area (Å²) in [6.45, 7) is 0. The third kappa shape index (κ3) is 2.32. The number of hydrogen-bond acceptors (Lipinski definition) is 3. The fourth-order valence-corrected chi connectivity index (χ4v) is 3.75. The molecule has 1 aliphatic rings. The van der Waals surface area contributed by atoms with Crippen molar-refractivity contribution in [3.63, 3.8) is 0 Å². The van der Waals surface area contributed by atoms with E-state index in [1.807, 2.05) is 30.5 Å². The van der Waals surface area contributed by atoms with Crippen LogP contribution < -0.4 is 5.69 Å². The second kappa shape index (κ2) is 5.59. The highest BCUT2D eigenvalue weighted by Crippen LogP contribution is 2.51. The summed E-state index contributed by atoms with van der Waals surface area (Å²) in [5.41, 5.74) is 2.87. The SMILES string of the molecule is O=c1[nH]cc(O)n1C1CC1c1ccc(-c2cccc3ccccc23)nc1. The maximum atomic E-state index is 11.8. The van der Waals surface area contributed by atoms with Crippen LogP contribution in [-0.4, -0.2) is 19.6 Å². The smallest absolute Gasteiger partial charge is 0.328 e. The van der Waals surface area contributed by atoms with Crippen LogP contribution in [0.1, 0.15) is 23.9 Å². The lowest BCUT2D eigenvalue weighted by Gasteiger charge is -2.07. The molecule has 0 radical (unpaired) electrons. The summed E-state index contributed by atoms with van der Waals surface area (Å²) in [5, 5.41) is 12.2. The second-order valence-electron chi connectivity index (χ2n) is 6.74. The summed E-state index contributed by atoms with van der Waals surface area (Å²) >= 11 is 0. The summed E-state index contributed by atoms with van der Waals surface area (Å²) < 4.78 is 1.42. The van der Waals surface area contributed by atoms with E-state index >= 15 is 0 Å². The number of nitrogens with zero attached hydrogens (tertiary/aromatic N) is 2. The zero-order valence-corrected chi connectivity index (χ0v) is 14.0. The Morgan fingerprint density at radius 1 is 1.08 bits per heavy atom. The van der Waals surface area contributed by atoms with Gasteiger partial charge in [0, 0.05) is 23.7 Å². The van der Waals surface area contributed by atoms with Crippen molar-refractivity contribution in [3.05, 3.63) is 83.0 Å². The first-order valence-electron chi connectivity index (χ1n) is 8.65. The van der Waals surface area contributed by atoms with Crippen molar-refractivity contribution in [3.8, 4) is 17.1 Å². The number of rotatable bonds is 3. The molecule has 0 aliphatic heterocycles. The van der Waals surface area contributed by atoms with Crippen LogP contribution in [0.4, 0.5) is 0 Å². The standard InChI is InChI=1S/C21H17N3O2/c25-20-12-23-21(26)24(20)19-10-17(19)14-8-9-18(22-11-14)16-7-3-5-13-4-1-2-6-15(13)16/h1-9,11-12,17,19,25H,10H2,(H,23,26). The first-order chi connectivity index (χ1) is 12.7. The lowest BCUT2D eigenvalue weighted by atomic mass is 10.0. The maximum Gasteiger partial charge on any atom is 0.328 e. The fraction of sp³-hybridized carbons (Fsp3) is 0.143. The zero-order valence-electron chi connectivity index (χ0n) is 14.0. The van der Waals surface area contributed by atoms with Crippen LogP contribution in [-0.2, 0) is 0 Å². The number of fused-ring (bicyclic) bond motifs is 1. The van der Waals surface area contributed by atoms with Gasteiger partial charge in [0.05, 0.1) is 11.9 Å². The number of pyridine rings is 1. The molecule has 2 aromatic heterocycles. The van der Waals surface area contributed by atoms with Crippen LogP contribution in [0.2, 0.25) is 0 Å². The van der Waals surface area contributed by atoms with Crippen molar-refractivity contribution in [2.24, 2.45) is 0 Å². The molecule has 2 aromatic carbocycles. The molecule has 0 spiro atoms. The van der Waals surface area contributed by atoms with Crippen molar-refractivity contribution in [2.75, 3.05) is 0 Å². The summed E-state index contributed by atoms with van der Waals surface area (Å²) in [6.07, 6.45) is 4.05. The molecule has 5 rings (SSSR count). The molecule has 2 unspecified atom stereocenters. The molecule has 5 nitrogen and oxygen atoms in total. The Bertz CT molecular complexity index is 1150. The van der Waals surface area contributed by atoms with Crippen LogP contribution in [0.5, 0.6) is 5.88 Å². The first-order valence-corrected chi connectivity index (χ1v) is 8.65. The minimum absolute atomic E-state index is 0.000967. The number of benzene rings is 2. The van der Waals surface area contributed by atoms with Crippen LogP contribution >= 0.6 is 0 Å². The van der Waals surface area contributed by atoms with Gasteiger partial charge in [0.15, 0.2) is 0 Å². The maximum absolute atomic E-state index is 11.8. The molecular weight excluding hydrogens is 326 g/mol. The fourth-order valence-electron chi connectivity index (χ4n) is 3.75. The van der Waals surface area contributed by atoms with Crippen LogP contribution in [0.3, 0.4) is 0 Å². The zero-order chi connectivity index (χ0) is 17.7. The van der Waals surface area contributed by atoms with E-state index in [2.05, 4.69) is 40.3 Å². The number of hydrogen-bond donors (Lipinski definition) is 2. The molecular formula is C21H17N3O2. The Kier molecular flexibility index (Phi) is 3.22. The first kappa shape index (κ1) is 15.0. The number of aromatic nitrogens is 3. The molecule has 26 heavy (non-hydrogen) atoms. The number of nitrogens with one attached hydrogen (secondary N) is 1. The van der Waals surface area contributed by atoms with E-state index in [4.69, 9.17) is 0 Å². The summed E-state index contributed by atoms with van der Waals surface area (Å²) in [6, 6.07) is 18.6. The normalized spacial score (nSPS) is 18.9. The second-order valence-corrected chi connectivity index (χ2v) is 6.74. The molecule has 0 saturated heterocycles. The van der Waals surface area contributed by atoms with Gasteiger partial charge in [0.25, 0.3) is 0 Å². The lowest BCUT2D eigenvalue weighted by molar-refractivity contribution is 0.413. The molecule has 0 bridgehead atoms. The van der Waals surface area contributed by atoms with Gasteiger partial charge in [-0.1, -0.05) is 48.5 Å². The highest BCUT2D eigenvalue weighted by Gasteiger charge is 2.42. The molecule has 0 amide bonds. The van der Waals surface area contributed by atoms with Crippen molar-refractivity contribution >= 4 is 10.8 Å². The van der Waals surface area contributed by atoms with Crippen molar-refractivity contribution in [2.45, 2.75) is 18.4 Å². The molecule has 5 heteroatoms. The minimum atomic E-state index is -0.268. The lowest BCUT2D eigenvalue weighted by Crippen LogP contribution is -2.15. The molecule has 128 valence electrons. The van der Waals surface area contributed by atoms with E-state index in [0.29, 0.717) is 0 Å². The Morgan fingerprint density at radius 3 is 2.69 bits per heavy atom. The quantitative estimate of drug-likeness (QED) is 0.594. The summed E-state index contributed by atoms with van der Waals surface area (Å²) in [7, 11) is 0. The van der Waals surface area contributed by atoms with Gasteiger partial charge in [-0.15, -0.1) is 0 Å². The Hall–Kier alpha value is -3.34. The largest absolute Gasteiger partial charge is 0.493 e. The van der Waals surface area contributed by atoms with Crippen molar-refractivity contribution < 1.29 is 5.11 Å². The highest BCUT2D eigenvalue weighted by atomic mass is 16.3. The number of H-pyrrole nitrogens is 1. The predicted octanol–water partition coefficient (Wildman–Crippen LogP) is 3.83. The molecule has 1 saturated carbocycles. The van der Waals surface area contributed by atoms with E-state index in [1.54, 1.807) is 0 Å². The van der Waals surface area contributed by atoms with Crippen LogP contribution in [0.25, 0.3) is 22.0 Å². The van der Waals surface area contributed by atoms with E-state index in [-0.39, 0.29) is 23.5 Å².